The molecule has 4 saturated carbocycles. The maximum atomic E-state index is 6.42. The van der Waals surface area contributed by atoms with Gasteiger partial charge in [0, 0.05) is 51.4 Å². The molecule has 16 heteroatoms. The zero-order valence-corrected chi connectivity index (χ0v) is 39.9. The fourth-order valence-electron chi connectivity index (χ4n) is 7.50. The van der Waals surface area contributed by atoms with Gasteiger partial charge in [0.15, 0.2) is 0 Å². The summed E-state index contributed by atoms with van der Waals surface area (Å²) in [5, 5.41) is 0. The second-order valence-electron chi connectivity index (χ2n) is 18.8. The van der Waals surface area contributed by atoms with Crippen LogP contribution in [0.1, 0.15) is 154 Å². The van der Waals surface area contributed by atoms with Crippen LogP contribution in [-0.4, -0.2) is 56.4 Å². The van der Waals surface area contributed by atoms with Crippen molar-refractivity contribution in [3.05, 3.63) is 0 Å². The normalized spacial score (nSPS) is 30.1. The first-order chi connectivity index (χ1) is 26.5. The molecule has 320 valence electrons. The van der Waals surface area contributed by atoms with Crippen LogP contribution in [0.25, 0.3) is 0 Å². The van der Waals surface area contributed by atoms with Gasteiger partial charge in [-0.25, -0.2) is 19.6 Å². The van der Waals surface area contributed by atoms with Crippen LogP contribution in [0.3, 0.4) is 0 Å². The molecule has 56 heavy (non-hydrogen) atoms. The van der Waals surface area contributed by atoms with Crippen LogP contribution in [0.2, 0.25) is 52.4 Å². The van der Waals surface area contributed by atoms with Gasteiger partial charge in [-0.15, -0.1) is 0 Å². The lowest BCUT2D eigenvalue weighted by Crippen LogP contribution is -2.47. The van der Waals surface area contributed by atoms with E-state index in [0.717, 1.165) is 103 Å². The van der Waals surface area contributed by atoms with Crippen LogP contribution in [0.4, 0.5) is 0 Å². The van der Waals surface area contributed by atoms with Gasteiger partial charge in [0.2, 0.25) is 23.1 Å². The highest BCUT2D eigenvalue weighted by atomic mass is 28.4. The van der Waals surface area contributed by atoms with E-state index in [2.05, 4.69) is 22.2 Å². The summed E-state index contributed by atoms with van der Waals surface area (Å²) >= 11 is 0. The van der Waals surface area contributed by atoms with E-state index in [1.165, 1.54) is 0 Å². The van der Waals surface area contributed by atoms with Crippen LogP contribution in [-0.2, 0) is 57.4 Å². The summed E-state index contributed by atoms with van der Waals surface area (Å²) in [7, 11) is -10.9. The lowest BCUT2D eigenvalue weighted by molar-refractivity contribution is -0.566. The highest BCUT2D eigenvalue weighted by Gasteiger charge is 2.47. The first kappa shape index (κ1) is 46.6. The van der Waals surface area contributed by atoms with Crippen LogP contribution in [0.5, 0.6) is 0 Å². The average Bonchev–Trinajstić information content (AvgIpc) is 3.74. The van der Waals surface area contributed by atoms with E-state index in [1.807, 2.05) is 52.4 Å². The minimum absolute atomic E-state index is 0.623. The second kappa shape index (κ2) is 20.4. The Hall–Kier alpha value is -0.492. The van der Waals surface area contributed by atoms with Gasteiger partial charge >= 0.3 is 33.3 Å². The van der Waals surface area contributed by atoms with Crippen LogP contribution >= 0.6 is 0 Å². The van der Waals surface area contributed by atoms with Gasteiger partial charge in [0.25, 0.3) is 0 Å². The van der Waals surface area contributed by atoms with Crippen molar-refractivity contribution in [2.75, 3.05) is 0 Å². The first-order valence-corrected chi connectivity index (χ1v) is 33.4. The smallest absolute Gasteiger partial charge is 0.268 e. The second-order valence-corrected chi connectivity index (χ2v) is 32.6. The Labute approximate surface area is 341 Å². The van der Waals surface area contributed by atoms with E-state index in [1.54, 1.807) is 0 Å². The Balaban J connectivity index is 1.46. The van der Waals surface area contributed by atoms with Crippen molar-refractivity contribution in [2.24, 2.45) is 0 Å². The minimum atomic E-state index is -2.73. The molecule has 0 atom stereocenters. The Morgan fingerprint density at radius 1 is 0.250 bits per heavy atom. The largest absolute Gasteiger partial charge is 0.308 e. The summed E-state index contributed by atoms with van der Waals surface area (Å²) in [6.45, 7) is 16.1. The molecule has 4 spiro atoms. The number of rotatable bonds is 0. The summed E-state index contributed by atoms with van der Waals surface area (Å²) in [6.07, 6.45) is 21.0. The standard InChI is InChI=1S/C40H72O12Si4/c1-53(2)33-34-54(3,4)50-46-39(29-21-13-14-22-30-39)43-44-40(31-23-15-16-24-32-40)48-52-56(7,8)36-35-55(5,6)51-47-38(27-19-11-12-20-28-38)42-41-37(45-49-53)25-17-9-10-18-26-37/h9-32H2,1-8H3. The molecule has 5 rings (SSSR count). The Kier molecular flexibility index (Phi) is 16.9. The van der Waals surface area contributed by atoms with E-state index in [4.69, 9.17) is 57.4 Å². The molecule has 1 aliphatic heterocycles. The molecular weight excluding hydrogens is 785 g/mol. The topological polar surface area (TPSA) is 111 Å². The predicted molar refractivity (Wildman–Crippen MR) is 220 cm³/mol. The molecule has 0 bridgehead atoms. The number of hydrogen-bond acceptors (Lipinski definition) is 12. The van der Waals surface area contributed by atoms with Crippen LogP contribution in [0.15, 0.2) is 0 Å². The highest BCUT2D eigenvalue weighted by molar-refractivity contribution is 6.85. The fraction of sp³-hybridized carbons (Fsp3) is 0.900. The van der Waals surface area contributed by atoms with Crippen molar-refractivity contribution in [1.29, 1.82) is 0 Å². The third-order valence-corrected chi connectivity index (χ3v) is 16.5. The molecule has 0 radical (unpaired) electrons. The Morgan fingerprint density at radius 3 is 0.571 bits per heavy atom. The third-order valence-electron chi connectivity index (χ3n) is 11.1. The summed E-state index contributed by atoms with van der Waals surface area (Å²) in [5.74, 6) is -4.43. The van der Waals surface area contributed by atoms with Gasteiger partial charge in [-0.1, -0.05) is 73.5 Å². The molecule has 0 unspecified atom stereocenters. The van der Waals surface area contributed by atoms with Crippen LogP contribution < -0.4 is 0 Å². The monoisotopic (exact) mass is 856 g/mol. The minimum Gasteiger partial charge on any atom is -0.268 e. The maximum Gasteiger partial charge on any atom is 0.308 e. The molecule has 5 aliphatic rings. The van der Waals surface area contributed by atoms with Gasteiger partial charge in [0.05, 0.1) is 0 Å². The molecule has 1 heterocycles. The van der Waals surface area contributed by atoms with Crippen molar-refractivity contribution in [3.8, 4) is 22.2 Å². The molecular formula is C40H72O12Si4. The van der Waals surface area contributed by atoms with E-state index in [9.17, 15) is 0 Å². The summed E-state index contributed by atoms with van der Waals surface area (Å²) in [6, 6.07) is 0. The lowest BCUT2D eigenvalue weighted by atomic mass is 10.1. The zero-order chi connectivity index (χ0) is 40.3. The molecule has 0 aromatic carbocycles. The fourth-order valence-corrected chi connectivity index (χ4v) is 13.9. The maximum absolute atomic E-state index is 6.42. The van der Waals surface area contributed by atoms with Crippen molar-refractivity contribution in [1.82, 2.24) is 0 Å². The van der Waals surface area contributed by atoms with Gasteiger partial charge < -0.3 is 0 Å². The van der Waals surface area contributed by atoms with Crippen LogP contribution in [0, 0.1) is 22.2 Å². The number of hydrogen-bond donors (Lipinski definition) is 0. The predicted octanol–water partition coefficient (Wildman–Crippen LogP) is 10.9. The Bertz CT molecular complexity index is 1140. The molecule has 4 fully saturated rings. The summed E-state index contributed by atoms with van der Waals surface area (Å²) in [5.41, 5.74) is 13.7. The van der Waals surface area contributed by atoms with Gasteiger partial charge in [-0.2, -0.15) is 19.6 Å². The molecule has 0 aromatic heterocycles. The average molecular weight is 857 g/mol. The summed E-state index contributed by atoms with van der Waals surface area (Å²) < 4.78 is 25.2. The van der Waals surface area contributed by atoms with Crippen molar-refractivity contribution >= 4 is 33.3 Å². The van der Waals surface area contributed by atoms with Gasteiger partial charge in [-0.05, 0) is 104 Å². The van der Waals surface area contributed by atoms with Gasteiger partial charge in [0.1, 0.15) is 0 Å². The van der Waals surface area contributed by atoms with E-state index in [-0.39, 0.29) is 0 Å². The molecule has 0 amide bonds. The van der Waals surface area contributed by atoms with Gasteiger partial charge in [-0.3, -0.25) is 18.3 Å². The molecule has 12 nitrogen and oxygen atoms in total. The zero-order valence-electron chi connectivity index (χ0n) is 35.9. The van der Waals surface area contributed by atoms with Crippen molar-refractivity contribution in [2.45, 2.75) is 230 Å². The molecule has 4 aliphatic carbocycles. The van der Waals surface area contributed by atoms with E-state index >= 15 is 0 Å². The van der Waals surface area contributed by atoms with E-state index in [0.29, 0.717) is 51.4 Å². The van der Waals surface area contributed by atoms with Crippen molar-refractivity contribution in [3.63, 3.8) is 0 Å². The quantitative estimate of drug-likeness (QED) is 0.131. The van der Waals surface area contributed by atoms with E-state index < -0.39 is 56.4 Å². The summed E-state index contributed by atoms with van der Waals surface area (Å²) in [4.78, 5) is 51.1. The SMILES string of the molecule is C[Si]1(C)C#C[Si](C)(C)OOC2(CCCCCC2)OOC2(CCCCCC2)OO[Si](C)(C)C#C[Si](C)(C)OOC2(CCCCCC2)OOC2(CCCCCC2)OO1. The lowest BCUT2D eigenvalue weighted by Gasteiger charge is -2.38. The first-order valence-electron chi connectivity index (χ1n) is 21.8. The van der Waals surface area contributed by atoms with Crippen molar-refractivity contribution < 1.29 is 57.4 Å². The molecule has 0 aromatic rings. The third kappa shape index (κ3) is 14.9. The molecule has 0 saturated heterocycles. The Morgan fingerprint density at radius 2 is 0.411 bits per heavy atom. The highest BCUT2D eigenvalue weighted by Crippen LogP contribution is 2.41. The molecule has 0 N–H and O–H groups in total.